The normalized spacial score (nSPS) is 19.3. The number of esters is 1. The van der Waals surface area contributed by atoms with Gasteiger partial charge in [-0.1, -0.05) is 17.3 Å². The maximum Gasteiger partial charge on any atom is 0.354 e. The van der Waals surface area contributed by atoms with Crippen LogP contribution in [0.3, 0.4) is 0 Å². The highest BCUT2D eigenvalue weighted by molar-refractivity contribution is 6.15. The van der Waals surface area contributed by atoms with Crippen LogP contribution in [0.2, 0.25) is 0 Å². The van der Waals surface area contributed by atoms with Gasteiger partial charge in [-0.2, -0.15) is 0 Å². The second kappa shape index (κ2) is 7.77. The Morgan fingerprint density at radius 3 is 2.67 bits per heavy atom. The number of aromatic nitrogens is 1. The number of rotatable bonds is 5. The standard InChI is InChI=1S/C24H21N3O6/c1-26-22(29)18-5-3-4-6-20(18)27-21(28)11-12-24(26,27)23(30)32-14-17-13-19(25-33-17)15-7-9-16(31-2)10-8-15/h3-10,13H,11-12,14H2,1-2H3/t24-/m0/s1. The minimum Gasteiger partial charge on any atom is -0.497 e. The second-order valence-electron chi connectivity index (χ2n) is 7.91. The molecule has 1 saturated heterocycles. The molecule has 0 spiro atoms. The van der Waals surface area contributed by atoms with Crippen LogP contribution in [0.1, 0.15) is 29.0 Å². The molecule has 1 atom stereocenters. The first-order chi connectivity index (χ1) is 16.0. The highest BCUT2D eigenvalue weighted by Gasteiger charge is 2.60. The van der Waals surface area contributed by atoms with Crippen molar-refractivity contribution in [2.75, 3.05) is 19.1 Å². The fourth-order valence-electron chi connectivity index (χ4n) is 4.42. The third kappa shape index (κ3) is 3.15. The number of anilines is 1. The minimum atomic E-state index is -1.53. The molecule has 1 aromatic heterocycles. The lowest BCUT2D eigenvalue weighted by molar-refractivity contribution is -0.158. The number of benzene rings is 2. The van der Waals surface area contributed by atoms with Gasteiger partial charge in [0.25, 0.3) is 5.91 Å². The first-order valence-corrected chi connectivity index (χ1v) is 10.4. The maximum absolute atomic E-state index is 13.3. The Bertz CT molecular complexity index is 1250. The number of carbonyl (C=O) groups excluding carboxylic acids is 3. The fraction of sp³-hybridized carbons (Fsp3) is 0.250. The molecule has 5 rings (SSSR count). The van der Waals surface area contributed by atoms with Crippen molar-refractivity contribution in [2.24, 2.45) is 0 Å². The monoisotopic (exact) mass is 447 g/mol. The molecule has 0 unspecified atom stereocenters. The Hall–Kier alpha value is -4.14. The molecule has 0 saturated carbocycles. The van der Waals surface area contributed by atoms with E-state index in [1.54, 1.807) is 37.4 Å². The summed E-state index contributed by atoms with van der Waals surface area (Å²) in [5.74, 6) is -0.207. The third-order valence-electron chi connectivity index (χ3n) is 6.16. The second-order valence-corrected chi connectivity index (χ2v) is 7.91. The fourth-order valence-corrected chi connectivity index (χ4v) is 4.42. The van der Waals surface area contributed by atoms with Gasteiger partial charge in [-0.05, 0) is 36.4 Å². The van der Waals surface area contributed by atoms with Crippen LogP contribution in [-0.4, -0.2) is 47.7 Å². The molecule has 33 heavy (non-hydrogen) atoms. The number of carbonyl (C=O) groups is 3. The predicted octanol–water partition coefficient (Wildman–Crippen LogP) is 3.00. The van der Waals surface area contributed by atoms with Crippen LogP contribution in [0.15, 0.2) is 59.1 Å². The van der Waals surface area contributed by atoms with Crippen LogP contribution in [-0.2, 0) is 20.9 Å². The van der Waals surface area contributed by atoms with Gasteiger partial charge < -0.3 is 18.9 Å². The van der Waals surface area contributed by atoms with Crippen molar-refractivity contribution < 1.29 is 28.4 Å². The average Bonchev–Trinajstić information content (AvgIpc) is 3.46. The molecular formula is C24H21N3O6. The molecule has 0 radical (unpaired) electrons. The number of para-hydroxylation sites is 1. The number of methoxy groups -OCH3 is 1. The van der Waals surface area contributed by atoms with E-state index in [0.29, 0.717) is 22.7 Å². The van der Waals surface area contributed by atoms with E-state index < -0.39 is 11.6 Å². The Balaban J connectivity index is 1.38. The topological polar surface area (TPSA) is 102 Å². The zero-order valence-electron chi connectivity index (χ0n) is 18.1. The highest BCUT2D eigenvalue weighted by atomic mass is 16.6. The Kier molecular flexibility index (Phi) is 4.88. The van der Waals surface area contributed by atoms with Gasteiger partial charge in [0.1, 0.15) is 11.4 Å². The van der Waals surface area contributed by atoms with Crippen molar-refractivity contribution in [3.05, 3.63) is 65.9 Å². The summed E-state index contributed by atoms with van der Waals surface area (Å²) < 4.78 is 16.0. The van der Waals surface area contributed by atoms with E-state index in [9.17, 15) is 14.4 Å². The maximum atomic E-state index is 13.3. The van der Waals surface area contributed by atoms with E-state index in [-0.39, 0.29) is 31.3 Å². The summed E-state index contributed by atoms with van der Waals surface area (Å²) in [6.45, 7) is -0.185. The molecule has 0 bridgehead atoms. The van der Waals surface area contributed by atoms with Gasteiger partial charge in [-0.15, -0.1) is 0 Å². The molecule has 0 N–H and O–H groups in total. The van der Waals surface area contributed by atoms with Crippen LogP contribution in [0.5, 0.6) is 5.75 Å². The van der Waals surface area contributed by atoms with Crippen molar-refractivity contribution in [3.63, 3.8) is 0 Å². The first kappa shape index (κ1) is 20.7. The number of ether oxygens (including phenoxy) is 2. The van der Waals surface area contributed by atoms with Crippen molar-refractivity contribution in [3.8, 4) is 17.0 Å². The quantitative estimate of drug-likeness (QED) is 0.554. The van der Waals surface area contributed by atoms with E-state index in [1.165, 1.54) is 16.8 Å². The zero-order chi connectivity index (χ0) is 23.2. The van der Waals surface area contributed by atoms with E-state index in [4.69, 9.17) is 14.0 Å². The van der Waals surface area contributed by atoms with Crippen LogP contribution in [0, 0.1) is 0 Å². The van der Waals surface area contributed by atoms with Gasteiger partial charge in [0.2, 0.25) is 11.6 Å². The van der Waals surface area contributed by atoms with Crippen molar-refractivity contribution in [1.29, 1.82) is 0 Å². The van der Waals surface area contributed by atoms with Crippen LogP contribution in [0.25, 0.3) is 11.3 Å². The number of likely N-dealkylation sites (N-methyl/N-ethyl adjacent to an activating group) is 1. The SMILES string of the molecule is COc1ccc(-c2cc(COC(=O)[C@]34CCC(=O)N3c3ccccc3C(=O)N4C)on2)cc1. The highest BCUT2D eigenvalue weighted by Crippen LogP contribution is 2.44. The summed E-state index contributed by atoms with van der Waals surface area (Å²) in [4.78, 5) is 41.8. The lowest BCUT2D eigenvalue weighted by Gasteiger charge is -2.46. The predicted molar refractivity (Wildman–Crippen MR) is 116 cm³/mol. The summed E-state index contributed by atoms with van der Waals surface area (Å²) in [7, 11) is 3.10. The summed E-state index contributed by atoms with van der Waals surface area (Å²) in [5.41, 5.74) is 0.664. The largest absolute Gasteiger partial charge is 0.497 e. The van der Waals surface area contributed by atoms with E-state index in [0.717, 1.165) is 11.3 Å². The van der Waals surface area contributed by atoms with E-state index in [1.807, 2.05) is 24.3 Å². The number of hydrogen-bond acceptors (Lipinski definition) is 7. The van der Waals surface area contributed by atoms with Crippen LogP contribution >= 0.6 is 0 Å². The Labute approximate surface area is 189 Å². The van der Waals surface area contributed by atoms with Gasteiger partial charge in [-0.25, -0.2) is 4.79 Å². The Morgan fingerprint density at radius 1 is 1.15 bits per heavy atom. The molecule has 168 valence electrons. The van der Waals surface area contributed by atoms with Gasteiger partial charge >= 0.3 is 5.97 Å². The summed E-state index contributed by atoms with van der Waals surface area (Å²) in [6.07, 6.45) is 0.278. The van der Waals surface area contributed by atoms with Gasteiger partial charge in [-0.3, -0.25) is 14.5 Å². The summed E-state index contributed by atoms with van der Waals surface area (Å²) in [5, 5.41) is 4.03. The molecule has 2 aliphatic heterocycles. The minimum absolute atomic E-state index is 0.130. The number of amides is 2. The Morgan fingerprint density at radius 2 is 1.91 bits per heavy atom. The van der Waals surface area contributed by atoms with Crippen molar-refractivity contribution in [1.82, 2.24) is 10.1 Å². The molecule has 2 amide bonds. The molecule has 2 aliphatic rings. The molecular weight excluding hydrogens is 426 g/mol. The van der Waals surface area contributed by atoms with E-state index in [2.05, 4.69) is 5.16 Å². The molecule has 9 heteroatoms. The number of nitrogens with zero attached hydrogens (tertiary/aromatic N) is 3. The zero-order valence-corrected chi connectivity index (χ0v) is 18.1. The molecule has 2 aromatic carbocycles. The summed E-state index contributed by atoms with van der Waals surface area (Å²) in [6, 6.07) is 15.7. The number of hydrogen-bond donors (Lipinski definition) is 0. The molecule has 0 aliphatic carbocycles. The summed E-state index contributed by atoms with van der Waals surface area (Å²) >= 11 is 0. The lowest BCUT2D eigenvalue weighted by Crippen LogP contribution is -2.67. The van der Waals surface area contributed by atoms with Crippen molar-refractivity contribution >= 4 is 23.5 Å². The smallest absolute Gasteiger partial charge is 0.354 e. The molecule has 1 fully saturated rings. The van der Waals surface area contributed by atoms with Gasteiger partial charge in [0, 0.05) is 31.5 Å². The van der Waals surface area contributed by atoms with Gasteiger partial charge in [0.15, 0.2) is 12.4 Å². The van der Waals surface area contributed by atoms with Gasteiger partial charge in [0.05, 0.1) is 18.4 Å². The number of fused-ring (bicyclic) bond motifs is 3. The van der Waals surface area contributed by atoms with E-state index >= 15 is 0 Å². The van der Waals surface area contributed by atoms with Crippen LogP contribution in [0.4, 0.5) is 5.69 Å². The molecule has 3 heterocycles. The average molecular weight is 447 g/mol. The van der Waals surface area contributed by atoms with Crippen molar-refractivity contribution in [2.45, 2.75) is 25.1 Å². The molecule has 9 nitrogen and oxygen atoms in total. The third-order valence-corrected chi connectivity index (χ3v) is 6.16. The van der Waals surface area contributed by atoms with Crippen LogP contribution < -0.4 is 9.64 Å². The first-order valence-electron chi connectivity index (χ1n) is 10.4. The lowest BCUT2D eigenvalue weighted by atomic mass is 9.97. The molecule has 3 aromatic rings.